The highest BCUT2D eigenvalue weighted by molar-refractivity contribution is 7.14. The molecule has 0 saturated carbocycles. The van der Waals surface area contributed by atoms with Gasteiger partial charge in [-0.05, 0) is 30.7 Å². The molecular formula is C19H18N2O4S. The smallest absolute Gasteiger partial charge is 0.257 e. The van der Waals surface area contributed by atoms with Gasteiger partial charge < -0.3 is 13.9 Å². The molecule has 2 heterocycles. The quantitative estimate of drug-likeness (QED) is 0.624. The Morgan fingerprint density at radius 1 is 1.38 bits per heavy atom. The van der Waals surface area contributed by atoms with Gasteiger partial charge in [0.05, 0.1) is 20.5 Å². The van der Waals surface area contributed by atoms with Crippen molar-refractivity contribution >= 4 is 22.4 Å². The Morgan fingerprint density at radius 3 is 2.88 bits per heavy atom. The summed E-state index contributed by atoms with van der Waals surface area (Å²) in [6.45, 7) is 3.74. The van der Waals surface area contributed by atoms with E-state index < -0.39 is 0 Å². The Labute approximate surface area is 155 Å². The number of ether oxygens (including phenoxy) is 2. The summed E-state index contributed by atoms with van der Waals surface area (Å²) in [6, 6.07) is 7.01. The predicted octanol–water partition coefficient (Wildman–Crippen LogP) is 4.40. The normalized spacial score (nSPS) is 10.4. The van der Waals surface area contributed by atoms with E-state index in [-0.39, 0.29) is 5.91 Å². The highest BCUT2D eigenvalue weighted by atomic mass is 32.1. The molecule has 0 unspecified atom stereocenters. The first-order valence-electron chi connectivity index (χ1n) is 7.82. The Bertz CT molecular complexity index is 916. The van der Waals surface area contributed by atoms with Gasteiger partial charge in [-0.3, -0.25) is 10.1 Å². The van der Waals surface area contributed by atoms with Crippen molar-refractivity contribution in [2.24, 2.45) is 0 Å². The van der Waals surface area contributed by atoms with Crippen LogP contribution in [0.15, 0.2) is 53.0 Å². The van der Waals surface area contributed by atoms with Crippen LogP contribution in [-0.2, 0) is 6.42 Å². The summed E-state index contributed by atoms with van der Waals surface area (Å²) in [5.41, 5.74) is 1.95. The Kier molecular flexibility index (Phi) is 5.38. The molecule has 0 aliphatic rings. The number of aromatic nitrogens is 1. The van der Waals surface area contributed by atoms with Crippen molar-refractivity contribution in [1.82, 2.24) is 4.98 Å². The van der Waals surface area contributed by atoms with E-state index in [0.29, 0.717) is 40.1 Å². The molecule has 134 valence electrons. The van der Waals surface area contributed by atoms with E-state index in [0.717, 1.165) is 5.56 Å². The Balaban J connectivity index is 1.85. The molecule has 6 nitrogen and oxygen atoms in total. The topological polar surface area (TPSA) is 73.6 Å². The van der Waals surface area contributed by atoms with Crippen molar-refractivity contribution in [3.05, 3.63) is 59.7 Å². The maximum Gasteiger partial charge on any atom is 0.257 e. The molecule has 1 amide bonds. The summed E-state index contributed by atoms with van der Waals surface area (Å²) in [5.74, 6) is 1.46. The SMILES string of the molecule is C=CCc1cc(C(=O)Nc2nc(-c3ccco3)cs2)cc(OC)c1OC. The zero-order valence-electron chi connectivity index (χ0n) is 14.4. The van der Waals surface area contributed by atoms with Gasteiger partial charge in [0.15, 0.2) is 22.4 Å². The number of rotatable bonds is 7. The van der Waals surface area contributed by atoms with E-state index in [1.807, 2.05) is 11.4 Å². The fourth-order valence-electron chi connectivity index (χ4n) is 2.52. The van der Waals surface area contributed by atoms with Crippen molar-refractivity contribution in [3.8, 4) is 23.0 Å². The van der Waals surface area contributed by atoms with E-state index >= 15 is 0 Å². The number of methoxy groups -OCH3 is 2. The van der Waals surface area contributed by atoms with Crippen molar-refractivity contribution in [3.63, 3.8) is 0 Å². The number of allylic oxidation sites excluding steroid dienone is 1. The maximum absolute atomic E-state index is 12.6. The van der Waals surface area contributed by atoms with Crippen LogP contribution in [0.3, 0.4) is 0 Å². The van der Waals surface area contributed by atoms with Gasteiger partial charge in [0.2, 0.25) is 0 Å². The minimum atomic E-state index is -0.281. The van der Waals surface area contributed by atoms with Crippen LogP contribution in [0.5, 0.6) is 11.5 Å². The van der Waals surface area contributed by atoms with Gasteiger partial charge in [0.25, 0.3) is 5.91 Å². The van der Waals surface area contributed by atoms with Crippen molar-refractivity contribution < 1.29 is 18.7 Å². The molecule has 0 saturated heterocycles. The molecule has 0 bridgehead atoms. The molecule has 2 aromatic heterocycles. The lowest BCUT2D eigenvalue weighted by molar-refractivity contribution is 0.102. The van der Waals surface area contributed by atoms with Gasteiger partial charge >= 0.3 is 0 Å². The summed E-state index contributed by atoms with van der Waals surface area (Å²) in [7, 11) is 3.10. The number of benzene rings is 1. The lowest BCUT2D eigenvalue weighted by Gasteiger charge is -2.14. The number of furan rings is 1. The first kappa shape index (κ1) is 17.8. The molecule has 7 heteroatoms. The third-order valence-electron chi connectivity index (χ3n) is 3.68. The van der Waals surface area contributed by atoms with Crippen LogP contribution in [0.25, 0.3) is 11.5 Å². The van der Waals surface area contributed by atoms with Crippen LogP contribution in [-0.4, -0.2) is 25.1 Å². The molecule has 26 heavy (non-hydrogen) atoms. The summed E-state index contributed by atoms with van der Waals surface area (Å²) in [6.07, 6.45) is 3.88. The molecular weight excluding hydrogens is 352 g/mol. The van der Waals surface area contributed by atoms with Gasteiger partial charge in [0, 0.05) is 16.5 Å². The molecule has 1 N–H and O–H groups in total. The lowest BCUT2D eigenvalue weighted by Crippen LogP contribution is -2.13. The average Bonchev–Trinajstić information content (AvgIpc) is 3.32. The maximum atomic E-state index is 12.6. The number of nitrogens with one attached hydrogen (secondary N) is 1. The molecule has 0 fully saturated rings. The monoisotopic (exact) mass is 370 g/mol. The first-order chi connectivity index (χ1) is 12.7. The van der Waals surface area contributed by atoms with E-state index in [1.165, 1.54) is 18.4 Å². The van der Waals surface area contributed by atoms with Crippen LogP contribution in [0, 0.1) is 0 Å². The fraction of sp³-hybridized carbons (Fsp3) is 0.158. The number of amides is 1. The van der Waals surface area contributed by atoms with Gasteiger partial charge in [0.1, 0.15) is 5.69 Å². The number of nitrogens with zero attached hydrogens (tertiary/aromatic N) is 1. The molecule has 0 aliphatic heterocycles. The molecule has 3 aromatic rings. The number of thiazole rings is 1. The van der Waals surface area contributed by atoms with Gasteiger partial charge in [-0.15, -0.1) is 17.9 Å². The van der Waals surface area contributed by atoms with Crippen LogP contribution < -0.4 is 14.8 Å². The van der Waals surface area contributed by atoms with Gasteiger partial charge in [-0.2, -0.15) is 0 Å². The second kappa shape index (κ2) is 7.88. The fourth-order valence-corrected chi connectivity index (χ4v) is 3.21. The zero-order valence-corrected chi connectivity index (χ0v) is 15.3. The minimum absolute atomic E-state index is 0.281. The van der Waals surface area contributed by atoms with Crippen molar-refractivity contribution in [2.75, 3.05) is 19.5 Å². The van der Waals surface area contributed by atoms with Crippen LogP contribution >= 0.6 is 11.3 Å². The number of carbonyl (C=O) groups is 1. The standard InChI is InChI=1S/C19H18N2O4S/c1-4-6-12-9-13(10-16(23-2)17(12)24-3)18(22)21-19-20-14(11-26-19)15-7-5-8-25-15/h4-5,7-11H,1,6H2,2-3H3,(H,20,21,22). The zero-order chi connectivity index (χ0) is 18.5. The number of hydrogen-bond acceptors (Lipinski definition) is 6. The Morgan fingerprint density at radius 2 is 2.23 bits per heavy atom. The summed E-state index contributed by atoms with van der Waals surface area (Å²) >= 11 is 1.33. The van der Waals surface area contributed by atoms with Crippen molar-refractivity contribution in [1.29, 1.82) is 0 Å². The molecule has 3 rings (SSSR count). The molecule has 1 aromatic carbocycles. The van der Waals surface area contributed by atoms with Crippen molar-refractivity contribution in [2.45, 2.75) is 6.42 Å². The van der Waals surface area contributed by atoms with Crippen LogP contribution in [0.4, 0.5) is 5.13 Å². The van der Waals surface area contributed by atoms with E-state index in [4.69, 9.17) is 13.9 Å². The number of carbonyl (C=O) groups excluding carboxylic acids is 1. The second-order valence-corrected chi connectivity index (χ2v) is 6.19. The molecule has 0 spiro atoms. The van der Waals surface area contributed by atoms with E-state index in [1.54, 1.807) is 37.6 Å². The minimum Gasteiger partial charge on any atom is -0.493 e. The second-order valence-electron chi connectivity index (χ2n) is 5.33. The third kappa shape index (κ3) is 3.62. The van der Waals surface area contributed by atoms with Gasteiger partial charge in [-0.25, -0.2) is 4.98 Å². The first-order valence-corrected chi connectivity index (χ1v) is 8.70. The highest BCUT2D eigenvalue weighted by Crippen LogP contribution is 2.33. The van der Waals surface area contributed by atoms with Crippen LogP contribution in [0.2, 0.25) is 0 Å². The largest absolute Gasteiger partial charge is 0.493 e. The van der Waals surface area contributed by atoms with E-state index in [2.05, 4.69) is 16.9 Å². The lowest BCUT2D eigenvalue weighted by atomic mass is 10.1. The average molecular weight is 370 g/mol. The van der Waals surface area contributed by atoms with Gasteiger partial charge in [-0.1, -0.05) is 6.08 Å². The molecule has 0 atom stereocenters. The highest BCUT2D eigenvalue weighted by Gasteiger charge is 2.17. The number of anilines is 1. The summed E-state index contributed by atoms with van der Waals surface area (Å²) in [5, 5.41) is 5.12. The molecule has 0 aliphatic carbocycles. The summed E-state index contributed by atoms with van der Waals surface area (Å²) < 4.78 is 16.1. The van der Waals surface area contributed by atoms with Crippen LogP contribution in [0.1, 0.15) is 15.9 Å². The number of hydrogen-bond donors (Lipinski definition) is 1. The predicted molar refractivity (Wildman–Crippen MR) is 101 cm³/mol. The molecule has 0 radical (unpaired) electrons. The summed E-state index contributed by atoms with van der Waals surface area (Å²) in [4.78, 5) is 17.0. The Hall–Kier alpha value is -3.06. The third-order valence-corrected chi connectivity index (χ3v) is 4.44. The van der Waals surface area contributed by atoms with E-state index in [9.17, 15) is 4.79 Å².